The number of aromatic nitrogens is 3. The monoisotopic (exact) mass is 463 g/mol. The molecule has 0 radical (unpaired) electrons. The second-order valence-corrected chi connectivity index (χ2v) is 9.38. The molecule has 5 rings (SSSR count). The second kappa shape index (κ2) is 8.76. The van der Waals surface area contributed by atoms with Gasteiger partial charge in [0.05, 0.1) is 22.6 Å². The largest absolute Gasteiger partial charge is 0.467 e. The Morgan fingerprint density at radius 3 is 2.72 bits per heavy atom. The number of rotatable bonds is 6. The lowest BCUT2D eigenvalue weighted by Gasteiger charge is -2.19. The van der Waals surface area contributed by atoms with E-state index >= 15 is 0 Å². The summed E-state index contributed by atoms with van der Waals surface area (Å²) in [6, 6.07) is 15.7. The van der Waals surface area contributed by atoms with E-state index in [9.17, 15) is 4.79 Å². The normalized spacial score (nSPS) is 15.9. The lowest BCUT2D eigenvalue weighted by molar-refractivity contribution is -0.130. The number of amides is 1. The van der Waals surface area contributed by atoms with Crippen molar-refractivity contribution in [2.45, 2.75) is 31.5 Å². The molecule has 0 N–H and O–H groups in total. The Labute approximate surface area is 193 Å². The Bertz CT molecular complexity index is 1240. The second-order valence-electron chi connectivity index (χ2n) is 7.49. The number of hydrazone groups is 1. The van der Waals surface area contributed by atoms with Gasteiger partial charge in [-0.1, -0.05) is 35.5 Å². The summed E-state index contributed by atoms with van der Waals surface area (Å²) in [6.45, 7) is 3.96. The van der Waals surface area contributed by atoms with Gasteiger partial charge in [-0.2, -0.15) is 5.10 Å². The van der Waals surface area contributed by atoms with Crippen LogP contribution in [0.25, 0.3) is 5.69 Å². The van der Waals surface area contributed by atoms with Gasteiger partial charge in [0.15, 0.2) is 5.16 Å². The van der Waals surface area contributed by atoms with Crippen LogP contribution in [0.5, 0.6) is 0 Å². The number of thiophene rings is 1. The maximum absolute atomic E-state index is 13.2. The van der Waals surface area contributed by atoms with Crippen LogP contribution in [0, 0.1) is 13.8 Å². The molecular formula is C23H21N5O2S2. The minimum atomic E-state index is -0.244. The summed E-state index contributed by atoms with van der Waals surface area (Å²) in [7, 11) is 0. The van der Waals surface area contributed by atoms with Crippen molar-refractivity contribution >= 4 is 34.7 Å². The fourth-order valence-corrected chi connectivity index (χ4v) is 5.23. The molecule has 32 heavy (non-hydrogen) atoms. The van der Waals surface area contributed by atoms with E-state index in [4.69, 9.17) is 4.42 Å². The van der Waals surface area contributed by atoms with E-state index in [1.54, 1.807) is 22.6 Å². The van der Waals surface area contributed by atoms with Gasteiger partial charge >= 0.3 is 0 Å². The molecule has 162 valence electrons. The zero-order valence-corrected chi connectivity index (χ0v) is 19.3. The third-order valence-electron chi connectivity index (χ3n) is 5.26. The summed E-state index contributed by atoms with van der Waals surface area (Å²) >= 11 is 2.98. The number of carbonyl (C=O) groups excluding carboxylic acids is 1. The smallest absolute Gasteiger partial charge is 0.253 e. The van der Waals surface area contributed by atoms with Crippen molar-refractivity contribution in [3.05, 3.63) is 82.2 Å². The van der Waals surface area contributed by atoms with Gasteiger partial charge in [0.2, 0.25) is 0 Å². The van der Waals surface area contributed by atoms with Crippen molar-refractivity contribution in [3.63, 3.8) is 0 Å². The zero-order valence-electron chi connectivity index (χ0n) is 17.6. The first-order valence-corrected chi connectivity index (χ1v) is 12.1. The van der Waals surface area contributed by atoms with Crippen molar-refractivity contribution in [2.75, 3.05) is 5.75 Å². The topological polar surface area (TPSA) is 76.5 Å². The highest BCUT2D eigenvalue weighted by Gasteiger charge is 2.35. The summed E-state index contributed by atoms with van der Waals surface area (Å²) in [5.74, 6) is 1.61. The Morgan fingerprint density at radius 2 is 2.00 bits per heavy atom. The number of furan rings is 1. The quantitative estimate of drug-likeness (QED) is 0.376. The summed E-state index contributed by atoms with van der Waals surface area (Å²) < 4.78 is 7.58. The number of aryl methyl sites for hydroxylation is 2. The number of nitrogens with zero attached hydrogens (tertiary/aromatic N) is 5. The van der Waals surface area contributed by atoms with Gasteiger partial charge in [0, 0.05) is 12.1 Å². The van der Waals surface area contributed by atoms with Crippen molar-refractivity contribution in [3.8, 4) is 5.69 Å². The molecule has 0 aliphatic carbocycles. The van der Waals surface area contributed by atoms with Gasteiger partial charge in [-0.05, 0) is 49.6 Å². The van der Waals surface area contributed by atoms with Crippen LogP contribution in [-0.4, -0.2) is 37.1 Å². The number of carbonyl (C=O) groups is 1. The van der Waals surface area contributed by atoms with Crippen LogP contribution in [-0.2, 0) is 4.79 Å². The molecule has 3 aromatic heterocycles. The first-order chi connectivity index (χ1) is 15.6. The molecule has 9 heteroatoms. The highest BCUT2D eigenvalue weighted by Crippen LogP contribution is 2.35. The fraction of sp³-hybridized carbons (Fsp3) is 0.217. The molecule has 1 unspecified atom stereocenters. The third kappa shape index (κ3) is 4.01. The van der Waals surface area contributed by atoms with Gasteiger partial charge in [0.25, 0.3) is 5.91 Å². The summed E-state index contributed by atoms with van der Waals surface area (Å²) in [5.41, 5.74) is 3.06. The number of benzene rings is 1. The van der Waals surface area contributed by atoms with Crippen LogP contribution in [0.1, 0.15) is 34.5 Å². The molecule has 0 saturated carbocycles. The molecule has 0 bridgehead atoms. The van der Waals surface area contributed by atoms with Crippen LogP contribution in [0.3, 0.4) is 0 Å². The molecular weight excluding hydrogens is 442 g/mol. The van der Waals surface area contributed by atoms with Crippen LogP contribution in [0.2, 0.25) is 0 Å². The highest BCUT2D eigenvalue weighted by molar-refractivity contribution is 7.99. The maximum atomic E-state index is 13.2. The van der Waals surface area contributed by atoms with E-state index in [1.165, 1.54) is 17.3 Å². The summed E-state index contributed by atoms with van der Waals surface area (Å²) in [6.07, 6.45) is 2.26. The Hall–Kier alpha value is -3.17. The number of hydrogen-bond donors (Lipinski definition) is 0. The Morgan fingerprint density at radius 1 is 1.16 bits per heavy atom. The summed E-state index contributed by atoms with van der Waals surface area (Å²) in [5, 5.41) is 17.4. The van der Waals surface area contributed by atoms with Gasteiger partial charge in [-0.15, -0.1) is 21.5 Å². The van der Waals surface area contributed by atoms with Gasteiger partial charge in [-0.25, -0.2) is 5.01 Å². The molecule has 4 aromatic rings. The molecule has 1 atom stereocenters. The van der Waals surface area contributed by atoms with Gasteiger partial charge in [0.1, 0.15) is 17.6 Å². The van der Waals surface area contributed by atoms with E-state index in [0.717, 1.165) is 27.9 Å². The van der Waals surface area contributed by atoms with Crippen molar-refractivity contribution in [1.82, 2.24) is 19.8 Å². The standard InChI is InChI=1S/C23H21N5O2S2/c1-15-7-9-17(10-8-15)27-16(2)24-25-23(27)32-14-22(29)28-19(20-5-3-11-30-20)13-18(26-28)21-6-4-12-31-21/h3-12,19H,13-14H2,1-2H3. The average Bonchev–Trinajstić information content (AvgIpc) is 3.59. The molecule has 1 aromatic carbocycles. The lowest BCUT2D eigenvalue weighted by Crippen LogP contribution is -2.28. The van der Waals surface area contributed by atoms with Crippen molar-refractivity contribution in [1.29, 1.82) is 0 Å². The predicted molar refractivity (Wildman–Crippen MR) is 125 cm³/mol. The molecule has 0 saturated heterocycles. The average molecular weight is 464 g/mol. The Kier molecular flexibility index (Phi) is 5.67. The summed E-state index contributed by atoms with van der Waals surface area (Å²) in [4.78, 5) is 14.3. The van der Waals surface area contributed by atoms with Crippen LogP contribution in [0.15, 0.2) is 74.8 Å². The molecule has 1 amide bonds. The van der Waals surface area contributed by atoms with E-state index in [0.29, 0.717) is 11.6 Å². The maximum Gasteiger partial charge on any atom is 0.253 e. The molecule has 4 heterocycles. The van der Waals surface area contributed by atoms with E-state index in [1.807, 2.05) is 72.3 Å². The van der Waals surface area contributed by atoms with E-state index in [-0.39, 0.29) is 17.7 Å². The lowest BCUT2D eigenvalue weighted by atomic mass is 10.1. The molecule has 0 fully saturated rings. The Balaban J connectivity index is 1.37. The molecule has 1 aliphatic rings. The van der Waals surface area contributed by atoms with Gasteiger partial charge < -0.3 is 4.42 Å². The predicted octanol–water partition coefficient (Wildman–Crippen LogP) is 5.01. The number of hydrogen-bond acceptors (Lipinski definition) is 7. The van der Waals surface area contributed by atoms with Crippen LogP contribution >= 0.6 is 23.1 Å². The highest BCUT2D eigenvalue weighted by atomic mass is 32.2. The van der Waals surface area contributed by atoms with Crippen LogP contribution < -0.4 is 0 Å². The zero-order chi connectivity index (χ0) is 22.1. The fourth-order valence-electron chi connectivity index (χ4n) is 3.65. The minimum absolute atomic E-state index is 0.0981. The minimum Gasteiger partial charge on any atom is -0.467 e. The first-order valence-electron chi connectivity index (χ1n) is 10.2. The van der Waals surface area contributed by atoms with E-state index in [2.05, 4.69) is 15.3 Å². The first kappa shape index (κ1) is 20.7. The molecule has 1 aliphatic heterocycles. The van der Waals surface area contributed by atoms with Crippen molar-refractivity contribution in [2.24, 2.45) is 5.10 Å². The molecule has 7 nitrogen and oxygen atoms in total. The van der Waals surface area contributed by atoms with Crippen LogP contribution in [0.4, 0.5) is 0 Å². The van der Waals surface area contributed by atoms with Gasteiger partial charge in [-0.3, -0.25) is 9.36 Å². The molecule has 0 spiro atoms. The van der Waals surface area contributed by atoms with Crippen molar-refractivity contribution < 1.29 is 9.21 Å². The number of thioether (sulfide) groups is 1. The third-order valence-corrected chi connectivity index (χ3v) is 7.09. The van der Waals surface area contributed by atoms with E-state index < -0.39 is 0 Å². The SMILES string of the molecule is Cc1ccc(-n2c(C)nnc2SCC(=O)N2N=C(c3cccs3)CC2c2ccco2)cc1.